The predicted molar refractivity (Wildman–Crippen MR) is 88.0 cm³/mol. The van der Waals surface area contributed by atoms with Gasteiger partial charge in [0.25, 0.3) is 0 Å². The number of alkyl halides is 2. The number of benzene rings is 1. The Balaban J connectivity index is 2.01. The van der Waals surface area contributed by atoms with E-state index in [1.54, 1.807) is 18.2 Å². The minimum Gasteiger partial charge on any atom is -0.479 e. The maximum Gasteiger partial charge on any atom is 0.340 e. The number of rotatable bonds is 5. The average Bonchev–Trinajstić information content (AvgIpc) is 3.20. The van der Waals surface area contributed by atoms with Crippen molar-refractivity contribution in [1.29, 1.82) is 5.41 Å². The number of aliphatic hydroxyl groups is 1. The van der Waals surface area contributed by atoms with Crippen molar-refractivity contribution in [2.45, 2.75) is 43.1 Å². The van der Waals surface area contributed by atoms with Crippen molar-refractivity contribution in [3.05, 3.63) is 35.4 Å². The SMILES string of the molecule is N=CN1CC[C@@H](c2ccccc2[C@@](O)(C(=O)O)[C@@H]2CCC(F)(F)C2)C1. The number of carboxylic acid groups (broad SMARTS) is 1. The molecule has 136 valence electrons. The molecule has 3 N–H and O–H groups in total. The fourth-order valence-electron chi connectivity index (χ4n) is 4.17. The highest BCUT2D eigenvalue weighted by atomic mass is 19.3. The molecule has 1 aliphatic heterocycles. The zero-order chi connectivity index (χ0) is 18.2. The highest BCUT2D eigenvalue weighted by molar-refractivity contribution is 5.80. The van der Waals surface area contributed by atoms with Gasteiger partial charge in [-0.25, -0.2) is 13.6 Å². The van der Waals surface area contributed by atoms with E-state index >= 15 is 0 Å². The number of carboxylic acids is 1. The van der Waals surface area contributed by atoms with Crippen LogP contribution in [-0.4, -0.2) is 46.4 Å². The van der Waals surface area contributed by atoms with Gasteiger partial charge in [-0.05, 0) is 24.0 Å². The van der Waals surface area contributed by atoms with Crippen LogP contribution in [0.5, 0.6) is 0 Å². The minimum atomic E-state index is -2.94. The molecular weight excluding hydrogens is 330 g/mol. The zero-order valence-electron chi connectivity index (χ0n) is 13.8. The molecule has 7 heteroatoms. The van der Waals surface area contributed by atoms with E-state index in [1.165, 1.54) is 12.4 Å². The Morgan fingerprint density at radius 3 is 2.64 bits per heavy atom. The van der Waals surface area contributed by atoms with Crippen LogP contribution >= 0.6 is 0 Å². The molecular formula is C18H22F2N2O3. The molecule has 0 amide bonds. The van der Waals surface area contributed by atoms with Gasteiger partial charge in [-0.2, -0.15) is 0 Å². The lowest BCUT2D eigenvalue weighted by atomic mass is 9.76. The molecule has 3 rings (SSSR count). The molecule has 0 aromatic heterocycles. The van der Waals surface area contributed by atoms with E-state index in [0.717, 1.165) is 6.42 Å². The summed E-state index contributed by atoms with van der Waals surface area (Å²) in [5, 5.41) is 28.2. The van der Waals surface area contributed by atoms with E-state index in [9.17, 15) is 23.8 Å². The summed E-state index contributed by atoms with van der Waals surface area (Å²) >= 11 is 0. The highest BCUT2D eigenvalue weighted by Gasteiger charge is 2.54. The molecule has 25 heavy (non-hydrogen) atoms. The van der Waals surface area contributed by atoms with Crippen molar-refractivity contribution >= 4 is 12.3 Å². The first-order valence-electron chi connectivity index (χ1n) is 8.45. The third-order valence-electron chi connectivity index (χ3n) is 5.53. The average molecular weight is 352 g/mol. The van der Waals surface area contributed by atoms with Crippen LogP contribution in [0.3, 0.4) is 0 Å². The number of hydrogen-bond acceptors (Lipinski definition) is 3. The Morgan fingerprint density at radius 1 is 1.36 bits per heavy atom. The lowest BCUT2D eigenvalue weighted by Gasteiger charge is -2.33. The van der Waals surface area contributed by atoms with Gasteiger partial charge in [0.15, 0.2) is 5.60 Å². The van der Waals surface area contributed by atoms with Gasteiger partial charge in [-0.3, -0.25) is 5.41 Å². The van der Waals surface area contributed by atoms with Crippen LogP contribution in [0.1, 0.15) is 42.7 Å². The standard InChI is InChI=1S/C18H22F2N2O3/c19-17(20)7-5-13(9-17)18(25,16(23)24)15-4-2-1-3-14(15)12-6-8-22(10-12)11-21/h1-4,11-13,21,25H,5-10H2,(H,23,24)/t12-,13-,18-/m1/s1. The molecule has 1 saturated heterocycles. The van der Waals surface area contributed by atoms with E-state index in [0.29, 0.717) is 18.7 Å². The number of nitrogens with one attached hydrogen (secondary N) is 1. The Bertz CT molecular complexity index is 682. The van der Waals surface area contributed by atoms with Gasteiger partial charge in [0.05, 0.1) is 6.34 Å². The Morgan fingerprint density at radius 2 is 2.08 bits per heavy atom. The Kier molecular flexibility index (Phi) is 4.53. The third kappa shape index (κ3) is 3.13. The third-order valence-corrected chi connectivity index (χ3v) is 5.53. The van der Waals surface area contributed by atoms with Crippen molar-refractivity contribution in [3.63, 3.8) is 0 Å². The van der Waals surface area contributed by atoms with Gasteiger partial charge in [0, 0.05) is 37.8 Å². The minimum absolute atomic E-state index is 0.0264. The van der Waals surface area contributed by atoms with Crippen molar-refractivity contribution in [3.8, 4) is 0 Å². The molecule has 0 radical (unpaired) electrons. The van der Waals surface area contributed by atoms with Crippen LogP contribution < -0.4 is 0 Å². The lowest BCUT2D eigenvalue weighted by molar-refractivity contribution is -0.167. The number of carbonyl (C=O) groups is 1. The van der Waals surface area contributed by atoms with Gasteiger partial charge < -0.3 is 15.1 Å². The fraction of sp³-hybridized carbons (Fsp3) is 0.556. The van der Waals surface area contributed by atoms with Crippen LogP contribution in [0, 0.1) is 11.3 Å². The molecule has 1 aromatic rings. The van der Waals surface area contributed by atoms with Crippen LogP contribution in [0.2, 0.25) is 0 Å². The van der Waals surface area contributed by atoms with Crippen LogP contribution in [0.15, 0.2) is 24.3 Å². The van der Waals surface area contributed by atoms with Gasteiger partial charge in [0.1, 0.15) is 0 Å². The first-order chi connectivity index (χ1) is 11.8. The summed E-state index contributed by atoms with van der Waals surface area (Å²) in [5.74, 6) is -5.48. The second-order valence-corrected chi connectivity index (χ2v) is 7.06. The summed E-state index contributed by atoms with van der Waals surface area (Å²) in [4.78, 5) is 13.8. The van der Waals surface area contributed by atoms with Crippen LogP contribution in [0.4, 0.5) is 8.78 Å². The molecule has 1 heterocycles. The first kappa shape index (κ1) is 17.8. The van der Waals surface area contributed by atoms with Crippen LogP contribution in [-0.2, 0) is 10.4 Å². The van der Waals surface area contributed by atoms with Crippen molar-refractivity contribution in [2.24, 2.45) is 5.92 Å². The molecule has 5 nitrogen and oxygen atoms in total. The summed E-state index contributed by atoms with van der Waals surface area (Å²) in [7, 11) is 0. The van der Waals surface area contributed by atoms with E-state index in [-0.39, 0.29) is 17.9 Å². The largest absolute Gasteiger partial charge is 0.479 e. The summed E-state index contributed by atoms with van der Waals surface area (Å²) in [6.45, 7) is 1.23. The Labute approximate surface area is 144 Å². The van der Waals surface area contributed by atoms with Gasteiger partial charge >= 0.3 is 5.97 Å². The predicted octanol–water partition coefficient (Wildman–Crippen LogP) is 2.79. The first-order valence-corrected chi connectivity index (χ1v) is 8.45. The summed E-state index contributed by atoms with van der Waals surface area (Å²) in [6, 6.07) is 6.68. The topological polar surface area (TPSA) is 84.6 Å². The van der Waals surface area contributed by atoms with Crippen molar-refractivity contribution in [2.75, 3.05) is 13.1 Å². The van der Waals surface area contributed by atoms with Crippen molar-refractivity contribution in [1.82, 2.24) is 4.90 Å². The number of aliphatic carboxylic acids is 1. The quantitative estimate of drug-likeness (QED) is 0.562. The number of likely N-dealkylation sites (tertiary alicyclic amines) is 1. The van der Waals surface area contributed by atoms with Gasteiger partial charge in [-0.1, -0.05) is 24.3 Å². The molecule has 1 aliphatic carbocycles. The summed E-state index contributed by atoms with van der Waals surface area (Å²) in [5.41, 5.74) is -1.44. The van der Waals surface area contributed by atoms with E-state index in [4.69, 9.17) is 5.41 Å². The second-order valence-electron chi connectivity index (χ2n) is 7.06. The maximum atomic E-state index is 13.7. The summed E-state index contributed by atoms with van der Waals surface area (Å²) < 4.78 is 27.3. The molecule has 0 spiro atoms. The van der Waals surface area contributed by atoms with E-state index in [1.807, 2.05) is 4.90 Å². The number of hydrogen-bond donors (Lipinski definition) is 3. The zero-order valence-corrected chi connectivity index (χ0v) is 13.8. The smallest absolute Gasteiger partial charge is 0.340 e. The molecule has 2 fully saturated rings. The fourth-order valence-corrected chi connectivity index (χ4v) is 4.17. The molecule has 1 aromatic carbocycles. The molecule has 1 saturated carbocycles. The van der Waals surface area contributed by atoms with Gasteiger partial charge in [0.2, 0.25) is 5.92 Å². The maximum absolute atomic E-state index is 13.7. The Hall–Kier alpha value is -2.02. The molecule has 3 atom stereocenters. The van der Waals surface area contributed by atoms with Gasteiger partial charge in [-0.15, -0.1) is 0 Å². The van der Waals surface area contributed by atoms with E-state index < -0.39 is 36.3 Å². The monoisotopic (exact) mass is 352 g/mol. The molecule has 2 aliphatic rings. The molecule has 0 bridgehead atoms. The van der Waals surface area contributed by atoms with Crippen molar-refractivity contribution < 1.29 is 23.8 Å². The second kappa shape index (κ2) is 6.37. The summed E-state index contributed by atoms with van der Waals surface area (Å²) in [6.07, 6.45) is 0.912. The number of nitrogens with zero attached hydrogens (tertiary/aromatic N) is 1. The number of halogens is 2. The lowest BCUT2D eigenvalue weighted by Crippen LogP contribution is -2.43. The highest BCUT2D eigenvalue weighted by Crippen LogP contribution is 2.49. The molecule has 0 unspecified atom stereocenters. The normalized spacial score (nSPS) is 27.9. The van der Waals surface area contributed by atoms with Crippen LogP contribution in [0.25, 0.3) is 0 Å². The van der Waals surface area contributed by atoms with E-state index in [2.05, 4.69) is 0 Å².